The molecule has 1 aromatic rings. The van der Waals surface area contributed by atoms with Gasteiger partial charge in [-0.05, 0) is 83.1 Å². The van der Waals surface area contributed by atoms with Gasteiger partial charge in [0.15, 0.2) is 12.3 Å². The fourth-order valence-electron chi connectivity index (χ4n) is 6.80. The van der Waals surface area contributed by atoms with Crippen LogP contribution in [0.2, 0.25) is 0 Å². The lowest BCUT2D eigenvalue weighted by atomic mass is 10.1. The number of nitrogens with zero attached hydrogens (tertiary/aromatic N) is 2. The van der Waals surface area contributed by atoms with Gasteiger partial charge in [0.05, 0.1) is 19.3 Å². The predicted molar refractivity (Wildman–Crippen MR) is 281 cm³/mol. The third-order valence-electron chi connectivity index (χ3n) is 10.7. The van der Waals surface area contributed by atoms with E-state index in [1.165, 1.54) is 25.3 Å². The van der Waals surface area contributed by atoms with E-state index in [4.69, 9.17) is 29.0 Å². The van der Waals surface area contributed by atoms with Crippen LogP contribution in [0.3, 0.4) is 0 Å². The van der Waals surface area contributed by atoms with E-state index in [1.807, 2.05) is 73.8 Å². The Kier molecular flexibility index (Phi) is 34.7. The van der Waals surface area contributed by atoms with Crippen molar-refractivity contribution < 1.29 is 71.4 Å². The van der Waals surface area contributed by atoms with Crippen molar-refractivity contribution in [2.24, 2.45) is 0 Å². The first-order chi connectivity index (χ1) is 35.1. The smallest absolute Gasteiger partial charge is 0.462 e. The Morgan fingerprint density at radius 2 is 1.34 bits per heavy atom. The molecule has 7 N–H and O–H groups in total. The molecule has 0 bridgehead atoms. The Morgan fingerprint density at radius 1 is 0.740 bits per heavy atom. The van der Waals surface area contributed by atoms with E-state index in [2.05, 4.69) is 40.5 Å². The summed E-state index contributed by atoms with van der Waals surface area (Å²) in [4.78, 5) is 61.9. The van der Waals surface area contributed by atoms with Crippen LogP contribution in [0.25, 0.3) is 0 Å². The van der Waals surface area contributed by atoms with E-state index < -0.39 is 89.8 Å². The minimum atomic E-state index is -5.45. The molecule has 0 aromatic carbocycles. The Balaban J connectivity index is 1.85. The minimum Gasteiger partial charge on any atom is -0.462 e. The average Bonchev–Trinajstić information content (AvgIpc) is 3.62. The van der Waals surface area contributed by atoms with Gasteiger partial charge in [-0.1, -0.05) is 143 Å². The van der Waals surface area contributed by atoms with E-state index in [9.17, 15) is 48.6 Å². The highest BCUT2D eigenvalue weighted by Crippen LogP contribution is 2.60. The van der Waals surface area contributed by atoms with Crippen molar-refractivity contribution in [1.82, 2.24) is 9.55 Å². The van der Waals surface area contributed by atoms with Gasteiger partial charge in [0.2, 0.25) is 0 Å². The van der Waals surface area contributed by atoms with Crippen molar-refractivity contribution in [3.05, 3.63) is 120 Å². The zero-order valence-electron chi connectivity index (χ0n) is 42.5. The number of aromatic nitrogens is 2. The summed E-state index contributed by atoms with van der Waals surface area (Å²) in [5.74, 6) is -1.45. The molecule has 0 saturated carbocycles. The van der Waals surface area contributed by atoms with Crippen LogP contribution >= 0.6 is 15.6 Å². The molecule has 1 aliphatic rings. The maximum atomic E-state index is 12.9. The monoisotopic (exact) mass is 1070 g/mol. The van der Waals surface area contributed by atoms with Crippen molar-refractivity contribution in [2.75, 3.05) is 25.6 Å². The Labute approximate surface area is 431 Å². The van der Waals surface area contributed by atoms with Gasteiger partial charge in [-0.2, -0.15) is 9.29 Å². The average molecular weight is 1070 g/mol. The number of phosphoric acid groups is 2. The van der Waals surface area contributed by atoms with Gasteiger partial charge in [-0.15, -0.1) is 0 Å². The third-order valence-corrected chi connectivity index (χ3v) is 13.3. The van der Waals surface area contributed by atoms with Crippen LogP contribution in [-0.4, -0.2) is 96.9 Å². The fraction of sp³-hybridized carbons (Fsp3) is 0.577. The summed E-state index contributed by atoms with van der Waals surface area (Å²) < 4.78 is 56.6. The van der Waals surface area contributed by atoms with Crippen LogP contribution in [0.4, 0.5) is 5.82 Å². The first-order valence-electron chi connectivity index (χ1n) is 25.4. The van der Waals surface area contributed by atoms with Crippen LogP contribution in [0.1, 0.15) is 142 Å². The van der Waals surface area contributed by atoms with Gasteiger partial charge < -0.3 is 45.1 Å². The lowest BCUT2D eigenvalue weighted by Gasteiger charge is -2.21. The van der Waals surface area contributed by atoms with Gasteiger partial charge in [0, 0.05) is 19.0 Å². The molecule has 3 unspecified atom stereocenters. The molecule has 1 saturated heterocycles. The molecule has 1 fully saturated rings. The first kappa shape index (κ1) is 64.8. The lowest BCUT2D eigenvalue weighted by Crippen LogP contribution is -2.36. The van der Waals surface area contributed by atoms with E-state index in [0.29, 0.717) is 25.7 Å². The number of allylic oxidation sites excluding steroid dienone is 14. The standard InChI is InChI=1S/C52H81N3O16P2/c1-3-5-7-8-9-10-11-12-13-16-20-23-26-29-33-37-48(58)69-44(40-66-47(57)36-32-28-25-22-19-17-14-15-18-21-24-27-31-35-43(56)34-30-6-4-2)41-67-72(62,63)71-73(64,65)68-42-45-49(59)50(60)51(70-45)55-39-38-46(53)54-52(55)61/h6,9-10,12-13,15,17-19,24-25,27-28,30-31,35,38-39,43-45,49-51,56,59-60H,3-5,7-8,11,14,16,20-23,26,29,32-34,36-37,40-42H2,1-2H3,(H,62,63)(H,64,65)(H2,53,54,61)/b10-9-,13-12-,18-15-,19-17-,27-24+,28-25-,30-6-,35-31+/t43?,44-,45-,49-,50-,51-/m1/s1. The van der Waals surface area contributed by atoms with Gasteiger partial charge in [-0.25, -0.2) is 13.9 Å². The number of aliphatic hydroxyl groups is 3. The summed E-state index contributed by atoms with van der Waals surface area (Å²) in [5.41, 5.74) is 4.57. The second-order valence-electron chi connectivity index (χ2n) is 17.1. The topological polar surface area (TPSA) is 286 Å². The number of phosphoric ester groups is 2. The fourth-order valence-corrected chi connectivity index (χ4v) is 8.92. The van der Waals surface area contributed by atoms with Crippen LogP contribution in [-0.2, 0) is 46.3 Å². The van der Waals surface area contributed by atoms with Gasteiger partial charge in [0.25, 0.3) is 0 Å². The van der Waals surface area contributed by atoms with E-state index in [0.717, 1.165) is 75.0 Å². The second-order valence-corrected chi connectivity index (χ2v) is 20.2. The summed E-state index contributed by atoms with van der Waals surface area (Å²) >= 11 is 0. The van der Waals surface area contributed by atoms with Gasteiger partial charge in [0.1, 0.15) is 30.7 Å². The number of ether oxygens (including phenoxy) is 3. The summed E-state index contributed by atoms with van der Waals surface area (Å²) in [5, 5.41) is 30.8. The number of hydrogen-bond acceptors (Lipinski definition) is 16. The summed E-state index contributed by atoms with van der Waals surface area (Å²) in [6, 6.07) is 1.24. The van der Waals surface area contributed by atoms with E-state index >= 15 is 0 Å². The van der Waals surface area contributed by atoms with Crippen molar-refractivity contribution >= 4 is 33.4 Å². The Morgan fingerprint density at radius 3 is 2.00 bits per heavy atom. The second kappa shape index (κ2) is 39.1. The molecule has 1 aliphatic heterocycles. The van der Waals surface area contributed by atoms with Crippen LogP contribution in [0.15, 0.2) is 114 Å². The zero-order valence-corrected chi connectivity index (χ0v) is 44.3. The molecule has 0 spiro atoms. The van der Waals surface area contributed by atoms with Crippen molar-refractivity contribution in [3.8, 4) is 0 Å². The number of carbonyl (C=O) groups excluding carboxylic acids is 2. The lowest BCUT2D eigenvalue weighted by molar-refractivity contribution is -0.161. The number of hydrogen-bond donors (Lipinski definition) is 6. The maximum absolute atomic E-state index is 12.9. The molecular weight excluding hydrogens is 985 g/mol. The number of anilines is 1. The number of rotatable bonds is 40. The normalized spacial score (nSPS) is 20.2. The maximum Gasteiger partial charge on any atom is 0.481 e. The number of unbranched alkanes of at least 4 members (excludes halogenated alkanes) is 8. The minimum absolute atomic E-state index is 0.00492. The number of nitrogens with two attached hydrogens (primary N) is 1. The van der Waals surface area contributed by atoms with E-state index in [1.54, 1.807) is 6.08 Å². The highest BCUT2D eigenvalue weighted by atomic mass is 31.3. The van der Waals surface area contributed by atoms with Gasteiger partial charge >= 0.3 is 33.3 Å². The SMILES string of the molecule is CC/C=C\CC(O)/C=C/C=C/C/C=C\C/C=C\C/C=C\CCC(=O)OC[C@H](COP(=O)(O)OP(=O)(O)OC[C@H]1O[C@@H](n2ccc(N)nc2=O)[C@H](O)[C@@H]1O)OC(=O)CCCCCCC/C=C\C/C=C\CCCCC. The molecule has 0 amide bonds. The molecule has 0 aliphatic carbocycles. The molecular formula is C52H81N3O16P2. The number of nitrogen functional groups attached to an aromatic ring is 1. The van der Waals surface area contributed by atoms with Crippen molar-refractivity contribution in [3.63, 3.8) is 0 Å². The molecule has 410 valence electrons. The summed E-state index contributed by atoms with van der Waals surface area (Å²) in [6.45, 7) is 1.81. The number of aliphatic hydroxyl groups excluding tert-OH is 3. The number of carbonyl (C=O) groups is 2. The quantitative estimate of drug-likeness (QED) is 0.0117. The molecule has 1 aromatic heterocycles. The Hall–Kier alpha value is -4.36. The molecule has 19 nitrogen and oxygen atoms in total. The molecule has 73 heavy (non-hydrogen) atoms. The third kappa shape index (κ3) is 31.9. The molecule has 2 heterocycles. The largest absolute Gasteiger partial charge is 0.481 e. The van der Waals surface area contributed by atoms with Crippen LogP contribution in [0.5, 0.6) is 0 Å². The molecule has 21 heteroatoms. The molecule has 2 rings (SSSR count). The van der Waals surface area contributed by atoms with E-state index in [-0.39, 0.29) is 18.7 Å². The summed E-state index contributed by atoms with van der Waals surface area (Å²) in [7, 11) is -10.9. The first-order valence-corrected chi connectivity index (χ1v) is 28.3. The highest BCUT2D eigenvalue weighted by molar-refractivity contribution is 7.61. The molecule has 0 radical (unpaired) electrons. The molecule has 8 atom stereocenters. The van der Waals surface area contributed by atoms with Crippen LogP contribution < -0.4 is 11.4 Å². The van der Waals surface area contributed by atoms with Crippen molar-refractivity contribution in [2.45, 2.75) is 173 Å². The van der Waals surface area contributed by atoms with Gasteiger partial charge in [-0.3, -0.25) is 23.2 Å². The zero-order chi connectivity index (χ0) is 53.6. The summed E-state index contributed by atoms with van der Waals surface area (Å²) in [6.07, 6.45) is 39.7. The number of esters is 2. The highest BCUT2D eigenvalue weighted by Gasteiger charge is 2.46. The van der Waals surface area contributed by atoms with Crippen LogP contribution in [0, 0.1) is 0 Å². The predicted octanol–water partition coefficient (Wildman–Crippen LogP) is 9.41. The Bertz CT molecular complexity index is 2120. The van der Waals surface area contributed by atoms with Crippen molar-refractivity contribution in [1.29, 1.82) is 0 Å².